The Labute approximate surface area is 172 Å². The second-order valence-electron chi connectivity index (χ2n) is 8.16. The highest BCUT2D eigenvalue weighted by Crippen LogP contribution is 2.17. The number of rotatable bonds is 21. The molecule has 0 aromatic carbocycles. The first-order valence-corrected chi connectivity index (χ1v) is 12.2. The molecule has 0 aliphatic heterocycles. The molecule has 0 aromatic rings. The molecule has 0 spiro atoms. The van der Waals surface area contributed by atoms with Crippen molar-refractivity contribution in [1.82, 2.24) is 0 Å². The van der Waals surface area contributed by atoms with Crippen LogP contribution in [0.4, 0.5) is 0 Å². The molecular formula is C26H50O. The summed E-state index contributed by atoms with van der Waals surface area (Å²) in [6, 6.07) is 0. The Morgan fingerprint density at radius 3 is 1.59 bits per heavy atom. The van der Waals surface area contributed by atoms with Crippen molar-refractivity contribution in [2.45, 2.75) is 136 Å². The molecule has 1 nitrogen and oxygen atoms in total. The predicted molar refractivity (Wildman–Crippen MR) is 123 cm³/mol. The number of hydrogen-bond donors (Lipinski definition) is 0. The summed E-state index contributed by atoms with van der Waals surface area (Å²) in [6.45, 7) is 4.56. The fraction of sp³-hybridized carbons (Fsp3) is 0.846. The molecule has 0 heterocycles. The minimum absolute atomic E-state index is 1.16. The van der Waals surface area contributed by atoms with Crippen LogP contribution >= 0.6 is 0 Å². The van der Waals surface area contributed by atoms with Gasteiger partial charge in [-0.15, -0.1) is 0 Å². The van der Waals surface area contributed by atoms with E-state index in [1.54, 1.807) is 7.11 Å². The molecule has 27 heavy (non-hydrogen) atoms. The van der Waals surface area contributed by atoms with Crippen molar-refractivity contribution < 1.29 is 4.74 Å². The average Bonchev–Trinajstić information content (AvgIpc) is 2.68. The van der Waals surface area contributed by atoms with Crippen molar-refractivity contribution >= 4 is 0 Å². The van der Waals surface area contributed by atoms with Gasteiger partial charge < -0.3 is 4.74 Å². The van der Waals surface area contributed by atoms with Gasteiger partial charge in [-0.25, -0.2) is 0 Å². The minimum Gasteiger partial charge on any atom is -0.504 e. The monoisotopic (exact) mass is 378 g/mol. The van der Waals surface area contributed by atoms with Gasteiger partial charge in [-0.2, -0.15) is 0 Å². The average molecular weight is 379 g/mol. The largest absolute Gasteiger partial charge is 0.504 e. The van der Waals surface area contributed by atoms with Crippen LogP contribution in [0.15, 0.2) is 24.0 Å². The molecule has 0 saturated carbocycles. The highest BCUT2D eigenvalue weighted by atomic mass is 16.5. The smallest absolute Gasteiger partial charge is 0.0816 e. The Kier molecular flexibility index (Phi) is 22.7. The Balaban J connectivity index is 3.50. The molecule has 0 rings (SSSR count). The lowest BCUT2D eigenvalue weighted by Gasteiger charge is -2.06. The fourth-order valence-electron chi connectivity index (χ4n) is 3.62. The van der Waals surface area contributed by atoms with E-state index in [0.717, 1.165) is 6.42 Å². The molecule has 0 fully saturated rings. The topological polar surface area (TPSA) is 9.23 Å². The Bertz CT molecular complexity index is 329. The first kappa shape index (κ1) is 26.3. The summed E-state index contributed by atoms with van der Waals surface area (Å²) in [5, 5.41) is 0. The molecule has 0 aliphatic rings. The highest BCUT2D eigenvalue weighted by Gasteiger charge is 1.99. The van der Waals surface area contributed by atoms with E-state index in [1.807, 2.05) is 6.26 Å². The Morgan fingerprint density at radius 1 is 0.556 bits per heavy atom. The second-order valence-corrected chi connectivity index (χ2v) is 8.16. The van der Waals surface area contributed by atoms with Crippen molar-refractivity contribution in [3.05, 3.63) is 24.0 Å². The van der Waals surface area contributed by atoms with Crippen molar-refractivity contribution in [1.29, 1.82) is 0 Å². The maximum atomic E-state index is 5.29. The van der Waals surface area contributed by atoms with Crippen molar-refractivity contribution in [3.63, 3.8) is 0 Å². The van der Waals surface area contributed by atoms with E-state index in [2.05, 4.69) is 26.0 Å². The van der Waals surface area contributed by atoms with Crippen LogP contribution < -0.4 is 0 Å². The first-order valence-electron chi connectivity index (χ1n) is 12.2. The summed E-state index contributed by atoms with van der Waals surface area (Å²) in [4.78, 5) is 0. The van der Waals surface area contributed by atoms with E-state index in [1.165, 1.54) is 121 Å². The van der Waals surface area contributed by atoms with Crippen LogP contribution in [0.5, 0.6) is 0 Å². The van der Waals surface area contributed by atoms with Gasteiger partial charge in [0.2, 0.25) is 0 Å². The number of unbranched alkanes of at least 4 members (excludes halogenated alkanes) is 14. The summed E-state index contributed by atoms with van der Waals surface area (Å²) in [5.41, 5.74) is 1.49. The van der Waals surface area contributed by atoms with Gasteiger partial charge in [-0.3, -0.25) is 0 Å². The van der Waals surface area contributed by atoms with Gasteiger partial charge >= 0.3 is 0 Å². The first-order chi connectivity index (χ1) is 13.3. The molecular weight excluding hydrogens is 328 g/mol. The zero-order chi connectivity index (χ0) is 19.8. The lowest BCUT2D eigenvalue weighted by molar-refractivity contribution is 0.330. The molecule has 1 heteroatoms. The molecule has 0 aromatic heterocycles. The van der Waals surface area contributed by atoms with Crippen molar-refractivity contribution in [2.75, 3.05) is 7.11 Å². The van der Waals surface area contributed by atoms with E-state index in [9.17, 15) is 0 Å². The zero-order valence-electron chi connectivity index (χ0n) is 19.1. The van der Waals surface area contributed by atoms with Gasteiger partial charge in [0, 0.05) is 0 Å². The van der Waals surface area contributed by atoms with Crippen LogP contribution in [0, 0.1) is 0 Å². The molecule has 0 saturated heterocycles. The molecule has 0 atom stereocenters. The van der Waals surface area contributed by atoms with Crippen molar-refractivity contribution in [3.8, 4) is 0 Å². The summed E-state index contributed by atoms with van der Waals surface area (Å²) >= 11 is 0. The quantitative estimate of drug-likeness (QED) is 0.110. The lowest BCUT2D eigenvalue weighted by atomic mass is 10.0. The molecule has 160 valence electrons. The van der Waals surface area contributed by atoms with Crippen LogP contribution in [0.3, 0.4) is 0 Å². The summed E-state index contributed by atoms with van der Waals surface area (Å²) in [5.74, 6) is 0. The third kappa shape index (κ3) is 21.4. The molecule has 0 N–H and O–H groups in total. The van der Waals surface area contributed by atoms with E-state index in [0.29, 0.717) is 0 Å². The number of allylic oxidation sites excluding steroid dienone is 3. The molecule has 0 aliphatic carbocycles. The van der Waals surface area contributed by atoms with Crippen LogP contribution in [0.25, 0.3) is 0 Å². The van der Waals surface area contributed by atoms with Crippen LogP contribution in [0.1, 0.15) is 136 Å². The third-order valence-electron chi connectivity index (χ3n) is 5.41. The van der Waals surface area contributed by atoms with Gasteiger partial charge in [0.05, 0.1) is 13.4 Å². The maximum Gasteiger partial charge on any atom is 0.0816 e. The standard InChI is InChI=1S/C26H50O/c1-4-6-8-10-12-13-14-15-16-18-20-22-24-26(25-27-3)23-21-19-17-11-9-7-5-2/h17,19,25H,4-16,18,20-24H2,1-3H3/b19-17-,26-25?. The van der Waals surface area contributed by atoms with Gasteiger partial charge in [-0.1, -0.05) is 109 Å². The van der Waals surface area contributed by atoms with E-state index < -0.39 is 0 Å². The van der Waals surface area contributed by atoms with Crippen molar-refractivity contribution in [2.24, 2.45) is 0 Å². The minimum atomic E-state index is 1.16. The SMILES string of the molecule is CCCCC/C=C\CCC(=COC)CCCCCCCCCCCCCC. The molecule has 0 unspecified atom stereocenters. The van der Waals surface area contributed by atoms with E-state index in [-0.39, 0.29) is 0 Å². The Hall–Kier alpha value is -0.720. The van der Waals surface area contributed by atoms with Gasteiger partial charge in [0.1, 0.15) is 0 Å². The van der Waals surface area contributed by atoms with Crippen LogP contribution in [-0.2, 0) is 4.74 Å². The van der Waals surface area contributed by atoms with Gasteiger partial charge in [0.15, 0.2) is 0 Å². The molecule has 0 radical (unpaired) electrons. The number of hydrogen-bond acceptors (Lipinski definition) is 1. The predicted octanol–water partition coefficient (Wildman–Crippen LogP) is 9.52. The number of methoxy groups -OCH3 is 1. The normalized spacial score (nSPS) is 12.2. The van der Waals surface area contributed by atoms with Gasteiger partial charge in [0.25, 0.3) is 0 Å². The zero-order valence-corrected chi connectivity index (χ0v) is 19.1. The summed E-state index contributed by atoms with van der Waals surface area (Å²) < 4.78 is 5.29. The summed E-state index contributed by atoms with van der Waals surface area (Å²) in [6.07, 6.45) is 32.6. The maximum absolute atomic E-state index is 5.29. The van der Waals surface area contributed by atoms with E-state index >= 15 is 0 Å². The summed E-state index contributed by atoms with van der Waals surface area (Å²) in [7, 11) is 1.78. The van der Waals surface area contributed by atoms with Gasteiger partial charge in [-0.05, 0) is 44.1 Å². The molecule has 0 amide bonds. The lowest BCUT2D eigenvalue weighted by Crippen LogP contribution is -1.88. The highest BCUT2D eigenvalue weighted by molar-refractivity contribution is 5.00. The molecule has 0 bridgehead atoms. The van der Waals surface area contributed by atoms with Crippen LogP contribution in [0.2, 0.25) is 0 Å². The number of ether oxygens (including phenoxy) is 1. The van der Waals surface area contributed by atoms with Crippen LogP contribution in [-0.4, -0.2) is 7.11 Å². The Morgan fingerprint density at radius 2 is 1.04 bits per heavy atom. The third-order valence-corrected chi connectivity index (χ3v) is 5.41. The van der Waals surface area contributed by atoms with E-state index in [4.69, 9.17) is 4.74 Å². The second kappa shape index (κ2) is 23.3. The fourth-order valence-corrected chi connectivity index (χ4v) is 3.62.